The molecule has 0 bridgehead atoms. The van der Waals surface area contributed by atoms with Gasteiger partial charge in [-0.2, -0.15) is 0 Å². The summed E-state index contributed by atoms with van der Waals surface area (Å²) in [5.74, 6) is 1.97. The Kier molecular flexibility index (Phi) is 7.20. The average molecular weight is 373 g/mol. The van der Waals surface area contributed by atoms with Crippen LogP contribution in [0.2, 0.25) is 0 Å². The van der Waals surface area contributed by atoms with E-state index in [4.69, 9.17) is 5.73 Å². The molecule has 0 saturated heterocycles. The number of aliphatic imine (C=N–C) groups is 1. The minimum absolute atomic E-state index is 0. The molecule has 1 aliphatic rings. The second-order valence-electron chi connectivity index (χ2n) is 5.02. The maximum Gasteiger partial charge on any atom is 0.188 e. The number of nitrogens with one attached hydrogen (secondary N) is 1. The molecule has 0 radical (unpaired) electrons. The molecule has 19 heavy (non-hydrogen) atoms. The van der Waals surface area contributed by atoms with Gasteiger partial charge in [0.1, 0.15) is 0 Å². The molecule has 0 aliphatic heterocycles. The van der Waals surface area contributed by atoms with E-state index in [1.165, 1.54) is 18.4 Å². The van der Waals surface area contributed by atoms with Crippen molar-refractivity contribution in [2.45, 2.75) is 32.1 Å². The van der Waals surface area contributed by atoms with Crippen LogP contribution in [-0.2, 0) is 0 Å². The molecule has 3 nitrogen and oxygen atoms in total. The summed E-state index contributed by atoms with van der Waals surface area (Å²) in [6, 6.07) is 10.7. The molecule has 1 aromatic rings. The van der Waals surface area contributed by atoms with E-state index in [0.717, 1.165) is 19.5 Å². The molecule has 4 heteroatoms. The van der Waals surface area contributed by atoms with Gasteiger partial charge in [-0.25, -0.2) is 0 Å². The van der Waals surface area contributed by atoms with Gasteiger partial charge in [0, 0.05) is 13.1 Å². The van der Waals surface area contributed by atoms with Crippen LogP contribution in [0.25, 0.3) is 0 Å². The molecule has 2 unspecified atom stereocenters. The Bertz CT molecular complexity index is 392. The molecule has 1 aromatic carbocycles. The molecule has 1 saturated carbocycles. The van der Waals surface area contributed by atoms with E-state index in [0.29, 0.717) is 17.8 Å². The van der Waals surface area contributed by atoms with Crippen molar-refractivity contribution in [2.75, 3.05) is 13.1 Å². The number of nitrogens with two attached hydrogens (primary N) is 1. The third kappa shape index (κ3) is 5.38. The maximum absolute atomic E-state index is 5.81. The van der Waals surface area contributed by atoms with Gasteiger partial charge < -0.3 is 11.1 Å². The summed E-state index contributed by atoms with van der Waals surface area (Å²) < 4.78 is 0. The summed E-state index contributed by atoms with van der Waals surface area (Å²) in [5.41, 5.74) is 7.25. The zero-order valence-corrected chi connectivity index (χ0v) is 13.8. The van der Waals surface area contributed by atoms with Crippen LogP contribution in [0, 0.1) is 5.92 Å². The van der Waals surface area contributed by atoms with Crippen LogP contribution in [0.4, 0.5) is 0 Å². The second kappa shape index (κ2) is 8.40. The highest BCUT2D eigenvalue weighted by Gasteiger charge is 2.37. The zero-order valence-electron chi connectivity index (χ0n) is 11.5. The van der Waals surface area contributed by atoms with Crippen LogP contribution < -0.4 is 11.1 Å². The molecule has 1 fully saturated rings. The van der Waals surface area contributed by atoms with Gasteiger partial charge in [-0.3, -0.25) is 4.99 Å². The minimum Gasteiger partial charge on any atom is -0.370 e. The summed E-state index contributed by atoms with van der Waals surface area (Å²) in [4.78, 5) is 4.42. The minimum atomic E-state index is 0. The summed E-state index contributed by atoms with van der Waals surface area (Å²) in [6.07, 6.45) is 3.57. The topological polar surface area (TPSA) is 50.4 Å². The maximum atomic E-state index is 5.81. The fourth-order valence-corrected chi connectivity index (χ4v) is 2.22. The summed E-state index contributed by atoms with van der Waals surface area (Å²) in [6.45, 7) is 3.95. The number of hydrogen-bond acceptors (Lipinski definition) is 1. The van der Waals surface area contributed by atoms with Crippen molar-refractivity contribution in [3.05, 3.63) is 35.9 Å². The van der Waals surface area contributed by atoms with Gasteiger partial charge >= 0.3 is 0 Å². The van der Waals surface area contributed by atoms with Crippen molar-refractivity contribution in [1.82, 2.24) is 5.32 Å². The van der Waals surface area contributed by atoms with Gasteiger partial charge in [-0.05, 0) is 30.2 Å². The highest BCUT2D eigenvalue weighted by atomic mass is 127. The van der Waals surface area contributed by atoms with E-state index in [1.54, 1.807) is 0 Å². The molecule has 0 heterocycles. The Hall–Kier alpha value is -0.780. The average Bonchev–Trinajstić information content (AvgIpc) is 3.17. The number of unbranched alkanes of at least 4 members (excludes halogenated alkanes) is 1. The van der Waals surface area contributed by atoms with Crippen LogP contribution in [0.3, 0.4) is 0 Å². The Morgan fingerprint density at radius 2 is 2.11 bits per heavy atom. The normalized spacial score (nSPS) is 21.6. The monoisotopic (exact) mass is 373 g/mol. The Morgan fingerprint density at radius 3 is 2.79 bits per heavy atom. The van der Waals surface area contributed by atoms with Gasteiger partial charge in [0.05, 0.1) is 0 Å². The zero-order chi connectivity index (χ0) is 12.8. The van der Waals surface area contributed by atoms with E-state index in [9.17, 15) is 0 Å². The first kappa shape index (κ1) is 16.3. The van der Waals surface area contributed by atoms with E-state index in [1.807, 2.05) is 0 Å². The predicted octanol–water partition coefficient (Wildman–Crippen LogP) is 3.11. The lowest BCUT2D eigenvalue weighted by Crippen LogP contribution is -2.32. The van der Waals surface area contributed by atoms with E-state index < -0.39 is 0 Å². The van der Waals surface area contributed by atoms with Gasteiger partial charge in [0.2, 0.25) is 0 Å². The number of nitrogens with zero attached hydrogens (tertiary/aromatic N) is 1. The standard InChI is InChI=1S/C15H23N3.HI/c1-2-3-9-17-15(16)18-11-13-10-14(13)12-7-5-4-6-8-12;/h4-8,13-14H,2-3,9-11H2,1H3,(H3,16,17,18);1H. The quantitative estimate of drug-likeness (QED) is 0.349. The van der Waals surface area contributed by atoms with E-state index >= 15 is 0 Å². The van der Waals surface area contributed by atoms with Gasteiger partial charge in [-0.1, -0.05) is 43.7 Å². The molecule has 2 atom stereocenters. The number of halogens is 1. The van der Waals surface area contributed by atoms with Gasteiger partial charge in [0.25, 0.3) is 0 Å². The third-order valence-electron chi connectivity index (χ3n) is 3.48. The molecule has 2 rings (SSSR count). The first-order chi connectivity index (χ1) is 8.81. The first-order valence-corrected chi connectivity index (χ1v) is 6.90. The van der Waals surface area contributed by atoms with Crippen molar-refractivity contribution < 1.29 is 0 Å². The first-order valence-electron chi connectivity index (χ1n) is 6.90. The number of hydrogen-bond donors (Lipinski definition) is 2. The second-order valence-corrected chi connectivity index (χ2v) is 5.02. The van der Waals surface area contributed by atoms with Crippen LogP contribution in [0.5, 0.6) is 0 Å². The van der Waals surface area contributed by atoms with Crippen molar-refractivity contribution >= 4 is 29.9 Å². The highest BCUT2D eigenvalue weighted by molar-refractivity contribution is 14.0. The Balaban J connectivity index is 0.00000180. The smallest absolute Gasteiger partial charge is 0.188 e. The lowest BCUT2D eigenvalue weighted by Gasteiger charge is -2.04. The summed E-state index contributed by atoms with van der Waals surface area (Å²) in [7, 11) is 0. The number of guanidine groups is 1. The lowest BCUT2D eigenvalue weighted by molar-refractivity contribution is 0.740. The van der Waals surface area contributed by atoms with Crippen molar-refractivity contribution in [2.24, 2.45) is 16.6 Å². The van der Waals surface area contributed by atoms with Gasteiger partial charge in [-0.15, -0.1) is 24.0 Å². The van der Waals surface area contributed by atoms with Crippen molar-refractivity contribution in [1.29, 1.82) is 0 Å². The molecule has 3 N–H and O–H groups in total. The molecule has 0 amide bonds. The fraction of sp³-hybridized carbons (Fsp3) is 0.533. The molecule has 0 aromatic heterocycles. The predicted molar refractivity (Wildman–Crippen MR) is 92.1 cm³/mol. The largest absolute Gasteiger partial charge is 0.370 e. The van der Waals surface area contributed by atoms with Crippen LogP contribution in [0.1, 0.15) is 37.7 Å². The Labute approximate surface area is 133 Å². The SMILES string of the molecule is CCCCNC(N)=NCC1CC1c1ccccc1.I. The molecular formula is C15H24IN3. The molecule has 1 aliphatic carbocycles. The highest BCUT2D eigenvalue weighted by Crippen LogP contribution is 2.47. The third-order valence-corrected chi connectivity index (χ3v) is 3.48. The van der Waals surface area contributed by atoms with Gasteiger partial charge in [0.15, 0.2) is 5.96 Å². The summed E-state index contributed by atoms with van der Waals surface area (Å²) in [5, 5.41) is 3.15. The van der Waals surface area contributed by atoms with Crippen LogP contribution in [0.15, 0.2) is 35.3 Å². The molecule has 106 valence electrons. The van der Waals surface area contributed by atoms with E-state index in [2.05, 4.69) is 47.6 Å². The number of benzene rings is 1. The Morgan fingerprint density at radius 1 is 1.37 bits per heavy atom. The molecular weight excluding hydrogens is 349 g/mol. The van der Waals surface area contributed by atoms with Crippen molar-refractivity contribution in [3.63, 3.8) is 0 Å². The van der Waals surface area contributed by atoms with Crippen LogP contribution >= 0.6 is 24.0 Å². The number of rotatable bonds is 6. The lowest BCUT2D eigenvalue weighted by atomic mass is 10.1. The summed E-state index contributed by atoms with van der Waals surface area (Å²) >= 11 is 0. The molecule has 0 spiro atoms. The van der Waals surface area contributed by atoms with Crippen LogP contribution in [-0.4, -0.2) is 19.0 Å². The van der Waals surface area contributed by atoms with E-state index in [-0.39, 0.29) is 24.0 Å². The fourth-order valence-electron chi connectivity index (χ4n) is 2.22. The van der Waals surface area contributed by atoms with Crippen molar-refractivity contribution in [3.8, 4) is 0 Å².